The predicted molar refractivity (Wildman–Crippen MR) is 116 cm³/mol. The highest BCUT2D eigenvalue weighted by Crippen LogP contribution is 2.44. The van der Waals surface area contributed by atoms with Crippen LogP contribution >= 0.6 is 0 Å². The van der Waals surface area contributed by atoms with Crippen molar-refractivity contribution in [2.45, 2.75) is 24.5 Å². The second-order valence-corrected chi connectivity index (χ2v) is 8.11. The first-order chi connectivity index (χ1) is 16.4. The van der Waals surface area contributed by atoms with E-state index in [2.05, 4.69) is 20.3 Å². The van der Waals surface area contributed by atoms with Gasteiger partial charge in [-0.3, -0.25) is 10.1 Å². The minimum absolute atomic E-state index is 0.0494. The summed E-state index contributed by atoms with van der Waals surface area (Å²) in [6.07, 6.45) is -1.96. The number of anilines is 1. The minimum atomic E-state index is -1.26. The van der Waals surface area contributed by atoms with E-state index in [1.165, 1.54) is 0 Å². The average Bonchev–Trinajstić information content (AvgIpc) is 3.53. The van der Waals surface area contributed by atoms with Gasteiger partial charge in [-0.1, -0.05) is 48.5 Å². The molecule has 3 aromatic rings. The summed E-state index contributed by atoms with van der Waals surface area (Å²) < 4.78 is 10.0. The van der Waals surface area contributed by atoms with E-state index in [0.717, 1.165) is 27.2 Å². The zero-order chi connectivity index (χ0) is 23.8. The molecule has 0 saturated carbocycles. The van der Waals surface area contributed by atoms with Crippen molar-refractivity contribution in [1.82, 2.24) is 15.2 Å². The maximum absolute atomic E-state index is 12.8. The number of nitrogens with one attached hydrogen (secondary N) is 1. The molecule has 2 amide bonds. The molecule has 2 aliphatic rings. The van der Waals surface area contributed by atoms with Gasteiger partial charge >= 0.3 is 12.1 Å². The summed E-state index contributed by atoms with van der Waals surface area (Å²) in [6.45, 7) is -0.138. The fourth-order valence-electron chi connectivity index (χ4n) is 4.55. The van der Waals surface area contributed by atoms with Crippen molar-refractivity contribution >= 4 is 23.8 Å². The van der Waals surface area contributed by atoms with Crippen molar-refractivity contribution < 1.29 is 34.0 Å². The van der Waals surface area contributed by atoms with Gasteiger partial charge in [0.2, 0.25) is 11.5 Å². The Bertz CT molecular complexity index is 1230. The summed E-state index contributed by atoms with van der Waals surface area (Å²) >= 11 is 0. The van der Waals surface area contributed by atoms with E-state index < -0.39 is 30.1 Å². The number of carboxylic acid groups (broad SMARTS) is 1. The lowest BCUT2D eigenvalue weighted by Gasteiger charge is -2.19. The third-order valence-corrected chi connectivity index (χ3v) is 6.08. The second-order valence-electron chi connectivity index (χ2n) is 8.11. The number of hydrogen-bond acceptors (Lipinski definition) is 8. The minimum Gasteiger partial charge on any atom is -0.480 e. The van der Waals surface area contributed by atoms with E-state index in [9.17, 15) is 24.6 Å². The Morgan fingerprint density at radius 2 is 1.71 bits per heavy atom. The van der Waals surface area contributed by atoms with Gasteiger partial charge in [0.25, 0.3) is 5.91 Å². The zero-order valence-electron chi connectivity index (χ0n) is 17.7. The maximum Gasteiger partial charge on any atom is 0.412 e. The third-order valence-electron chi connectivity index (χ3n) is 6.08. The highest BCUT2D eigenvalue weighted by molar-refractivity contribution is 6.01. The molecule has 1 unspecified atom stereocenters. The van der Waals surface area contributed by atoms with E-state index in [1.54, 1.807) is 0 Å². The van der Waals surface area contributed by atoms with E-state index in [0.29, 0.717) is 0 Å². The summed E-state index contributed by atoms with van der Waals surface area (Å²) in [5.41, 5.74) is 3.88. The number of hydrogen-bond donors (Lipinski definition) is 3. The normalized spacial score (nSPS) is 18.9. The second kappa shape index (κ2) is 8.60. The van der Waals surface area contributed by atoms with Gasteiger partial charge in [-0.2, -0.15) is 0 Å². The highest BCUT2D eigenvalue weighted by Gasteiger charge is 2.41. The van der Waals surface area contributed by atoms with Crippen molar-refractivity contribution in [1.29, 1.82) is 0 Å². The molecule has 1 saturated heterocycles. The quantitative estimate of drug-likeness (QED) is 0.515. The molecule has 0 radical (unpaired) electrons. The van der Waals surface area contributed by atoms with Gasteiger partial charge in [0.15, 0.2) is 0 Å². The molecule has 34 heavy (non-hydrogen) atoms. The SMILES string of the molecule is O=C(Nc1nonc1C(=O)N1CC(O)C[C@H]1C(=O)O)OCC1c2ccccc2-c2ccccc21. The van der Waals surface area contributed by atoms with Crippen LogP contribution in [0.25, 0.3) is 11.1 Å². The van der Waals surface area contributed by atoms with Crippen molar-refractivity contribution in [2.75, 3.05) is 18.5 Å². The van der Waals surface area contributed by atoms with Gasteiger partial charge in [-0.25, -0.2) is 14.2 Å². The first-order valence-corrected chi connectivity index (χ1v) is 10.6. The van der Waals surface area contributed by atoms with Crippen molar-refractivity contribution in [2.24, 2.45) is 0 Å². The predicted octanol–water partition coefficient (Wildman–Crippen LogP) is 2.09. The van der Waals surface area contributed by atoms with Gasteiger partial charge in [-0.15, -0.1) is 0 Å². The van der Waals surface area contributed by atoms with E-state index in [1.807, 2.05) is 48.5 Å². The summed E-state index contributed by atoms with van der Waals surface area (Å²) in [4.78, 5) is 37.7. The number of aliphatic hydroxyl groups excluding tert-OH is 1. The molecule has 0 bridgehead atoms. The summed E-state index contributed by atoms with van der Waals surface area (Å²) in [5.74, 6) is -2.55. The van der Waals surface area contributed by atoms with Crippen LogP contribution in [0.2, 0.25) is 0 Å². The van der Waals surface area contributed by atoms with Gasteiger partial charge in [0.1, 0.15) is 12.6 Å². The number of rotatable bonds is 5. The van der Waals surface area contributed by atoms with Crippen LogP contribution in [-0.4, -0.2) is 68.7 Å². The molecule has 1 fully saturated rings. The smallest absolute Gasteiger partial charge is 0.412 e. The largest absolute Gasteiger partial charge is 0.480 e. The lowest BCUT2D eigenvalue weighted by atomic mass is 9.98. The van der Waals surface area contributed by atoms with Crippen LogP contribution in [0.5, 0.6) is 0 Å². The number of carbonyl (C=O) groups excluding carboxylic acids is 2. The number of aromatic nitrogens is 2. The molecular formula is C23H20N4O7. The van der Waals surface area contributed by atoms with Crippen LogP contribution in [0.1, 0.15) is 34.0 Å². The number of fused-ring (bicyclic) bond motifs is 3. The fraction of sp³-hybridized carbons (Fsp3) is 0.261. The molecule has 174 valence electrons. The number of aliphatic hydroxyl groups is 1. The molecule has 1 aliphatic carbocycles. The molecule has 2 heterocycles. The lowest BCUT2D eigenvalue weighted by molar-refractivity contribution is -0.141. The number of aliphatic carboxylic acids is 1. The molecule has 11 nitrogen and oxygen atoms in total. The number of ether oxygens (including phenoxy) is 1. The van der Waals surface area contributed by atoms with Crippen LogP contribution in [0.4, 0.5) is 10.6 Å². The molecule has 1 aliphatic heterocycles. The Morgan fingerprint density at radius 3 is 2.35 bits per heavy atom. The van der Waals surface area contributed by atoms with Crippen molar-refractivity contribution in [3.63, 3.8) is 0 Å². The zero-order valence-corrected chi connectivity index (χ0v) is 17.7. The number of carbonyl (C=O) groups is 3. The van der Waals surface area contributed by atoms with E-state index in [-0.39, 0.29) is 37.0 Å². The van der Waals surface area contributed by atoms with Crippen LogP contribution in [0.3, 0.4) is 0 Å². The van der Waals surface area contributed by atoms with E-state index >= 15 is 0 Å². The number of benzene rings is 2. The van der Waals surface area contributed by atoms with Crippen molar-refractivity contribution in [3.8, 4) is 11.1 Å². The number of amides is 2. The molecule has 3 N–H and O–H groups in total. The molecular weight excluding hydrogens is 444 g/mol. The molecule has 11 heteroatoms. The van der Waals surface area contributed by atoms with Crippen LogP contribution < -0.4 is 5.32 Å². The number of β-amino-alcohol motifs (C(OH)–C–C–N with tert-alkyl or cyclic N) is 1. The summed E-state index contributed by atoms with van der Waals surface area (Å²) in [7, 11) is 0. The number of likely N-dealkylation sites (tertiary alicyclic amines) is 1. The van der Waals surface area contributed by atoms with Gasteiger partial charge < -0.3 is 19.8 Å². The standard InChI is InChI=1S/C23H20N4O7/c28-12-9-18(22(30)31)27(10-12)21(29)19-20(26-34-25-19)24-23(32)33-11-17-15-7-3-1-5-13(15)14-6-2-4-8-16(14)17/h1-8,12,17-18,28H,9-11H2,(H,30,31)(H,24,26,32)/t12?,18-/m0/s1. The van der Waals surface area contributed by atoms with Crippen LogP contribution in [-0.2, 0) is 9.53 Å². The fourth-order valence-corrected chi connectivity index (χ4v) is 4.55. The van der Waals surface area contributed by atoms with Crippen LogP contribution in [0.15, 0.2) is 53.2 Å². The topological polar surface area (TPSA) is 155 Å². The Morgan fingerprint density at radius 1 is 1.06 bits per heavy atom. The molecule has 0 spiro atoms. The number of nitrogens with zero attached hydrogens (tertiary/aromatic N) is 3. The van der Waals surface area contributed by atoms with Gasteiger partial charge in [-0.05, 0) is 32.6 Å². The summed E-state index contributed by atoms with van der Waals surface area (Å²) in [5, 5.41) is 28.5. The maximum atomic E-state index is 12.8. The van der Waals surface area contributed by atoms with Crippen LogP contribution in [0, 0.1) is 0 Å². The highest BCUT2D eigenvalue weighted by atomic mass is 16.6. The first-order valence-electron chi connectivity index (χ1n) is 10.6. The molecule has 2 aromatic carbocycles. The number of carboxylic acids is 1. The van der Waals surface area contributed by atoms with Crippen molar-refractivity contribution in [3.05, 3.63) is 65.4 Å². The Balaban J connectivity index is 1.28. The molecule has 1 aromatic heterocycles. The Kier molecular flexibility index (Phi) is 5.46. The first kappa shape index (κ1) is 21.6. The van der Waals surface area contributed by atoms with E-state index in [4.69, 9.17) is 4.74 Å². The lowest BCUT2D eigenvalue weighted by Crippen LogP contribution is -2.41. The molecule has 5 rings (SSSR count). The Hall–Kier alpha value is -4.25. The average molecular weight is 464 g/mol. The molecule has 2 atom stereocenters. The van der Waals surface area contributed by atoms with Gasteiger partial charge in [0.05, 0.1) is 6.10 Å². The van der Waals surface area contributed by atoms with Gasteiger partial charge in [0, 0.05) is 18.9 Å². The summed E-state index contributed by atoms with van der Waals surface area (Å²) in [6, 6.07) is 14.6. The third kappa shape index (κ3) is 3.75. The Labute approximate surface area is 192 Å². The monoisotopic (exact) mass is 464 g/mol.